The second kappa shape index (κ2) is 7.15. The van der Waals surface area contributed by atoms with Gasteiger partial charge in [0.2, 0.25) is 0 Å². The lowest BCUT2D eigenvalue weighted by Gasteiger charge is -2.20. The molecule has 0 aliphatic rings. The van der Waals surface area contributed by atoms with Crippen LogP contribution in [0.4, 0.5) is 0 Å². The van der Waals surface area contributed by atoms with E-state index < -0.39 is 17.8 Å². The molecule has 1 rings (SSSR count). The number of carboxylic acid groups (broad SMARTS) is 1. The van der Waals surface area contributed by atoms with Crippen molar-refractivity contribution >= 4 is 17.8 Å². The summed E-state index contributed by atoms with van der Waals surface area (Å²) in [6, 6.07) is 8.36. The molecule has 1 aromatic rings. The Kier molecular flexibility index (Phi) is 5.53. The summed E-state index contributed by atoms with van der Waals surface area (Å²) in [5, 5.41) is 8.65. The molecule has 0 aliphatic carbocycles. The quantitative estimate of drug-likeness (QED) is 0.768. The Morgan fingerprint density at radius 1 is 1.21 bits per heavy atom. The lowest BCUT2D eigenvalue weighted by molar-refractivity contribution is -0.142. The predicted molar refractivity (Wildman–Crippen MR) is 66.6 cm³/mol. The van der Waals surface area contributed by atoms with Gasteiger partial charge in [-0.3, -0.25) is 14.4 Å². The zero-order valence-corrected chi connectivity index (χ0v) is 10.5. The van der Waals surface area contributed by atoms with E-state index >= 15 is 0 Å². The van der Waals surface area contributed by atoms with E-state index in [2.05, 4.69) is 4.74 Å². The van der Waals surface area contributed by atoms with Crippen molar-refractivity contribution in [3.8, 4) is 0 Å². The number of methoxy groups -OCH3 is 1. The Balaban J connectivity index is 2.79. The molecule has 0 bridgehead atoms. The smallest absolute Gasteiger partial charge is 0.325 e. The van der Waals surface area contributed by atoms with Crippen LogP contribution in [0.15, 0.2) is 30.3 Å². The Hall–Kier alpha value is -2.37. The number of esters is 1. The van der Waals surface area contributed by atoms with Crippen LogP contribution < -0.4 is 0 Å². The Labute approximate surface area is 110 Å². The van der Waals surface area contributed by atoms with Crippen molar-refractivity contribution in [1.29, 1.82) is 0 Å². The molecule has 0 fully saturated rings. The minimum Gasteiger partial charge on any atom is -0.481 e. The molecular weight excluding hydrogens is 250 g/mol. The number of hydrogen-bond acceptors (Lipinski definition) is 4. The van der Waals surface area contributed by atoms with Crippen LogP contribution in [-0.4, -0.2) is 48.1 Å². The molecule has 1 N–H and O–H groups in total. The lowest BCUT2D eigenvalue weighted by Crippen LogP contribution is -2.37. The van der Waals surface area contributed by atoms with Gasteiger partial charge in [-0.1, -0.05) is 18.2 Å². The van der Waals surface area contributed by atoms with Gasteiger partial charge in [0.15, 0.2) is 0 Å². The topological polar surface area (TPSA) is 83.9 Å². The SMILES string of the molecule is COC(=O)CN(CCC(=O)O)C(=O)c1ccccc1. The van der Waals surface area contributed by atoms with E-state index in [4.69, 9.17) is 5.11 Å². The van der Waals surface area contributed by atoms with Crippen LogP contribution in [0.3, 0.4) is 0 Å². The van der Waals surface area contributed by atoms with Gasteiger partial charge in [0, 0.05) is 12.1 Å². The number of ether oxygens (including phenoxy) is 1. The summed E-state index contributed by atoms with van der Waals surface area (Å²) in [5.74, 6) is -2.02. The molecule has 102 valence electrons. The summed E-state index contributed by atoms with van der Waals surface area (Å²) in [4.78, 5) is 35.1. The maximum absolute atomic E-state index is 12.1. The van der Waals surface area contributed by atoms with Gasteiger partial charge in [-0.15, -0.1) is 0 Å². The van der Waals surface area contributed by atoms with Crippen LogP contribution in [0.5, 0.6) is 0 Å². The molecule has 0 aromatic heterocycles. The molecule has 6 nitrogen and oxygen atoms in total. The normalized spacial score (nSPS) is 9.74. The minimum absolute atomic E-state index is 0.0435. The van der Waals surface area contributed by atoms with E-state index in [9.17, 15) is 14.4 Å². The molecule has 1 aromatic carbocycles. The van der Waals surface area contributed by atoms with Gasteiger partial charge >= 0.3 is 11.9 Å². The van der Waals surface area contributed by atoms with Crippen molar-refractivity contribution < 1.29 is 24.2 Å². The van der Waals surface area contributed by atoms with Crippen LogP contribution >= 0.6 is 0 Å². The highest BCUT2D eigenvalue weighted by Gasteiger charge is 2.19. The first-order chi connectivity index (χ1) is 9.04. The van der Waals surface area contributed by atoms with Gasteiger partial charge in [0.05, 0.1) is 13.5 Å². The monoisotopic (exact) mass is 265 g/mol. The molecule has 0 spiro atoms. The fourth-order valence-corrected chi connectivity index (χ4v) is 1.47. The number of hydrogen-bond donors (Lipinski definition) is 1. The van der Waals surface area contributed by atoms with E-state index in [0.717, 1.165) is 4.90 Å². The number of carboxylic acids is 1. The summed E-state index contributed by atoms with van der Waals surface area (Å²) in [5.41, 5.74) is 0.400. The highest BCUT2D eigenvalue weighted by molar-refractivity contribution is 5.96. The summed E-state index contributed by atoms with van der Waals surface area (Å²) in [7, 11) is 1.21. The third-order valence-corrected chi connectivity index (χ3v) is 2.45. The first-order valence-electron chi connectivity index (χ1n) is 5.67. The van der Waals surface area contributed by atoms with Gasteiger partial charge in [-0.05, 0) is 12.1 Å². The van der Waals surface area contributed by atoms with Crippen molar-refractivity contribution in [2.45, 2.75) is 6.42 Å². The second-order valence-electron chi connectivity index (χ2n) is 3.81. The van der Waals surface area contributed by atoms with Gasteiger partial charge in [-0.25, -0.2) is 0 Å². The third kappa shape index (κ3) is 4.79. The van der Waals surface area contributed by atoms with Gasteiger partial charge in [0.25, 0.3) is 5.91 Å². The molecule has 0 unspecified atom stereocenters. The average Bonchev–Trinajstić information content (AvgIpc) is 2.43. The van der Waals surface area contributed by atoms with E-state index in [1.165, 1.54) is 7.11 Å². The van der Waals surface area contributed by atoms with Crippen molar-refractivity contribution in [3.05, 3.63) is 35.9 Å². The van der Waals surface area contributed by atoms with Crippen molar-refractivity contribution in [2.24, 2.45) is 0 Å². The van der Waals surface area contributed by atoms with Crippen molar-refractivity contribution in [3.63, 3.8) is 0 Å². The second-order valence-corrected chi connectivity index (χ2v) is 3.81. The Morgan fingerprint density at radius 2 is 1.84 bits per heavy atom. The summed E-state index contributed by atoms with van der Waals surface area (Å²) >= 11 is 0. The molecule has 1 amide bonds. The number of carbonyl (C=O) groups excluding carboxylic acids is 2. The molecule has 0 atom stereocenters. The first kappa shape index (κ1) is 14.7. The first-order valence-corrected chi connectivity index (χ1v) is 5.67. The minimum atomic E-state index is -1.03. The maximum atomic E-state index is 12.1. The van der Waals surface area contributed by atoms with Gasteiger partial charge in [0.1, 0.15) is 6.54 Å². The van der Waals surface area contributed by atoms with E-state index in [0.29, 0.717) is 5.56 Å². The van der Waals surface area contributed by atoms with E-state index in [1.807, 2.05) is 0 Å². The zero-order valence-electron chi connectivity index (χ0n) is 10.5. The fourth-order valence-electron chi connectivity index (χ4n) is 1.47. The highest BCUT2D eigenvalue weighted by Crippen LogP contribution is 2.05. The van der Waals surface area contributed by atoms with Crippen molar-refractivity contribution in [1.82, 2.24) is 4.90 Å². The van der Waals surface area contributed by atoms with Crippen LogP contribution in [0.25, 0.3) is 0 Å². The Morgan fingerprint density at radius 3 is 2.37 bits per heavy atom. The van der Waals surface area contributed by atoms with Crippen molar-refractivity contribution in [2.75, 3.05) is 20.2 Å². The molecule has 0 saturated heterocycles. The summed E-state index contributed by atoms with van der Waals surface area (Å²) in [6.07, 6.45) is -0.227. The number of amides is 1. The number of benzene rings is 1. The zero-order chi connectivity index (χ0) is 14.3. The van der Waals surface area contributed by atoms with Crippen LogP contribution in [0.1, 0.15) is 16.8 Å². The van der Waals surface area contributed by atoms with Crippen LogP contribution in [-0.2, 0) is 14.3 Å². The molecule has 0 radical (unpaired) electrons. The van der Waals surface area contributed by atoms with Crippen LogP contribution in [0, 0.1) is 0 Å². The molecule has 0 aliphatic heterocycles. The molecule has 6 heteroatoms. The van der Waals surface area contributed by atoms with E-state index in [-0.39, 0.29) is 19.5 Å². The molecular formula is C13H15NO5. The molecule has 19 heavy (non-hydrogen) atoms. The summed E-state index contributed by atoms with van der Waals surface area (Å²) in [6.45, 7) is -0.310. The number of rotatable bonds is 6. The van der Waals surface area contributed by atoms with Gasteiger partial charge < -0.3 is 14.7 Å². The van der Waals surface area contributed by atoms with E-state index in [1.54, 1.807) is 30.3 Å². The number of aliphatic carboxylic acids is 1. The molecule has 0 heterocycles. The largest absolute Gasteiger partial charge is 0.481 e. The third-order valence-electron chi connectivity index (χ3n) is 2.45. The fraction of sp³-hybridized carbons (Fsp3) is 0.308. The molecule has 0 saturated carbocycles. The highest BCUT2D eigenvalue weighted by atomic mass is 16.5. The predicted octanol–water partition coefficient (Wildman–Crippen LogP) is 0.776. The van der Waals surface area contributed by atoms with Gasteiger partial charge in [-0.2, -0.15) is 0 Å². The lowest BCUT2D eigenvalue weighted by atomic mass is 10.2. The average molecular weight is 265 g/mol. The standard InChI is InChI=1S/C13H15NO5/c1-19-12(17)9-14(8-7-11(15)16)13(18)10-5-3-2-4-6-10/h2-6H,7-9H2,1H3,(H,15,16). The van der Waals surface area contributed by atoms with Crippen LogP contribution in [0.2, 0.25) is 0 Å². The summed E-state index contributed by atoms with van der Waals surface area (Å²) < 4.78 is 4.49. The number of carbonyl (C=O) groups is 3. The maximum Gasteiger partial charge on any atom is 0.325 e. The Bertz CT molecular complexity index is 457. The number of nitrogens with zero attached hydrogens (tertiary/aromatic N) is 1.